The van der Waals surface area contributed by atoms with E-state index in [-0.39, 0.29) is 24.2 Å². The molecule has 0 saturated carbocycles. The number of hydrogen-bond donors (Lipinski definition) is 1. The Kier molecular flexibility index (Phi) is 7.15. The first-order valence-corrected chi connectivity index (χ1v) is 11.1. The van der Waals surface area contributed by atoms with Gasteiger partial charge in [0.25, 0.3) is 5.91 Å². The maximum atomic E-state index is 13.0. The monoisotopic (exact) mass is 486 g/mol. The molecule has 0 spiro atoms. The van der Waals surface area contributed by atoms with Crippen molar-refractivity contribution in [1.82, 2.24) is 29.9 Å². The quantitative estimate of drug-likeness (QED) is 0.579. The Morgan fingerprint density at radius 1 is 1.00 bits per heavy atom. The van der Waals surface area contributed by atoms with Crippen molar-refractivity contribution < 1.29 is 22.8 Å². The summed E-state index contributed by atoms with van der Waals surface area (Å²) in [5, 5.41) is 7.06. The Morgan fingerprint density at radius 2 is 1.71 bits per heavy atom. The lowest BCUT2D eigenvalue weighted by Crippen LogP contribution is -2.51. The standard InChI is InChI=1S/C24H25F3N6O2/c1-17-20(15-30-33(17)21-8-7-19(14-28-21)24(25,26)27)23(35)32-11-9-31(10-12-32)16-22(34)29-13-18-5-3-2-4-6-18/h2-8,14-15H,9-13,16H2,1H3,(H,29,34). The van der Waals surface area contributed by atoms with E-state index in [0.29, 0.717) is 44.0 Å². The van der Waals surface area contributed by atoms with Gasteiger partial charge in [0.15, 0.2) is 5.82 Å². The molecule has 1 fully saturated rings. The largest absolute Gasteiger partial charge is 0.417 e. The van der Waals surface area contributed by atoms with Crippen LogP contribution in [0.3, 0.4) is 0 Å². The molecule has 1 aliphatic rings. The number of aromatic nitrogens is 3. The molecule has 184 valence electrons. The number of benzene rings is 1. The van der Waals surface area contributed by atoms with Crippen LogP contribution in [0.4, 0.5) is 13.2 Å². The Labute approximate surface area is 200 Å². The zero-order chi connectivity index (χ0) is 25.0. The minimum absolute atomic E-state index is 0.0743. The Balaban J connectivity index is 1.31. The third-order valence-electron chi connectivity index (χ3n) is 5.89. The highest BCUT2D eigenvalue weighted by Gasteiger charge is 2.31. The number of halogens is 3. The Bertz CT molecular complexity index is 1170. The van der Waals surface area contributed by atoms with Crippen molar-refractivity contribution in [3.8, 4) is 5.82 Å². The van der Waals surface area contributed by atoms with E-state index in [4.69, 9.17) is 0 Å². The number of pyridine rings is 1. The van der Waals surface area contributed by atoms with Crippen molar-refractivity contribution in [1.29, 1.82) is 0 Å². The average Bonchev–Trinajstić information content (AvgIpc) is 3.24. The maximum Gasteiger partial charge on any atom is 0.417 e. The van der Waals surface area contributed by atoms with Gasteiger partial charge in [0, 0.05) is 38.9 Å². The molecule has 1 aromatic carbocycles. The van der Waals surface area contributed by atoms with E-state index < -0.39 is 11.7 Å². The second kappa shape index (κ2) is 10.3. The van der Waals surface area contributed by atoms with Crippen molar-refractivity contribution in [2.75, 3.05) is 32.7 Å². The average molecular weight is 486 g/mol. The van der Waals surface area contributed by atoms with Crippen LogP contribution in [0, 0.1) is 6.92 Å². The molecule has 0 radical (unpaired) electrons. The van der Waals surface area contributed by atoms with E-state index in [9.17, 15) is 22.8 Å². The molecule has 0 atom stereocenters. The highest BCUT2D eigenvalue weighted by molar-refractivity contribution is 5.95. The molecule has 2 aromatic heterocycles. The van der Waals surface area contributed by atoms with Gasteiger partial charge in [-0.2, -0.15) is 18.3 Å². The lowest BCUT2D eigenvalue weighted by molar-refractivity contribution is -0.137. The van der Waals surface area contributed by atoms with E-state index in [1.165, 1.54) is 16.9 Å². The molecule has 0 aliphatic carbocycles. The Hall–Kier alpha value is -3.73. The SMILES string of the molecule is Cc1c(C(=O)N2CCN(CC(=O)NCc3ccccc3)CC2)cnn1-c1ccc(C(F)(F)F)cn1. The summed E-state index contributed by atoms with van der Waals surface area (Å²) in [7, 11) is 0. The van der Waals surface area contributed by atoms with Gasteiger partial charge >= 0.3 is 6.18 Å². The van der Waals surface area contributed by atoms with Gasteiger partial charge in [-0.05, 0) is 24.6 Å². The number of nitrogens with one attached hydrogen (secondary N) is 1. The number of alkyl halides is 3. The molecule has 1 saturated heterocycles. The zero-order valence-corrected chi connectivity index (χ0v) is 19.1. The summed E-state index contributed by atoms with van der Waals surface area (Å²) >= 11 is 0. The van der Waals surface area contributed by atoms with Crippen LogP contribution in [-0.2, 0) is 17.5 Å². The molecular weight excluding hydrogens is 461 g/mol. The van der Waals surface area contributed by atoms with Gasteiger partial charge in [-0.15, -0.1) is 0 Å². The molecule has 4 rings (SSSR count). The van der Waals surface area contributed by atoms with Crippen LogP contribution in [0.5, 0.6) is 0 Å². The number of carbonyl (C=O) groups excluding carboxylic acids is 2. The van der Waals surface area contributed by atoms with Gasteiger partial charge in [-0.25, -0.2) is 9.67 Å². The van der Waals surface area contributed by atoms with Crippen molar-refractivity contribution in [3.05, 3.63) is 77.2 Å². The normalized spacial score (nSPS) is 14.7. The molecule has 0 unspecified atom stereocenters. The van der Waals surface area contributed by atoms with Gasteiger partial charge in [-0.1, -0.05) is 30.3 Å². The number of rotatable bonds is 6. The number of carbonyl (C=O) groups is 2. The predicted octanol–water partition coefficient (Wildman–Crippen LogP) is 2.67. The fourth-order valence-corrected chi connectivity index (χ4v) is 3.86. The first-order valence-electron chi connectivity index (χ1n) is 11.1. The van der Waals surface area contributed by atoms with Crippen molar-refractivity contribution in [2.24, 2.45) is 0 Å². The van der Waals surface area contributed by atoms with Crippen molar-refractivity contribution >= 4 is 11.8 Å². The van der Waals surface area contributed by atoms with E-state index >= 15 is 0 Å². The third kappa shape index (κ3) is 5.86. The molecule has 8 nitrogen and oxygen atoms in total. The van der Waals surface area contributed by atoms with Gasteiger partial charge in [0.2, 0.25) is 5.91 Å². The molecule has 3 aromatic rings. The second-order valence-corrected chi connectivity index (χ2v) is 8.29. The summed E-state index contributed by atoms with van der Waals surface area (Å²) < 4.78 is 39.7. The highest BCUT2D eigenvalue weighted by Crippen LogP contribution is 2.29. The van der Waals surface area contributed by atoms with Crippen molar-refractivity contribution in [3.63, 3.8) is 0 Å². The molecular formula is C24H25F3N6O2. The fraction of sp³-hybridized carbons (Fsp3) is 0.333. The van der Waals surface area contributed by atoms with E-state index in [2.05, 4.69) is 15.4 Å². The minimum atomic E-state index is -4.48. The van der Waals surface area contributed by atoms with Crippen LogP contribution in [0.2, 0.25) is 0 Å². The minimum Gasteiger partial charge on any atom is -0.351 e. The smallest absolute Gasteiger partial charge is 0.351 e. The second-order valence-electron chi connectivity index (χ2n) is 8.29. The van der Waals surface area contributed by atoms with E-state index in [0.717, 1.165) is 17.8 Å². The lowest BCUT2D eigenvalue weighted by atomic mass is 10.2. The van der Waals surface area contributed by atoms with E-state index in [1.54, 1.807) is 11.8 Å². The summed E-state index contributed by atoms with van der Waals surface area (Å²) in [4.78, 5) is 32.8. The predicted molar refractivity (Wildman–Crippen MR) is 122 cm³/mol. The van der Waals surface area contributed by atoms with Gasteiger partial charge in [0.05, 0.1) is 29.6 Å². The molecule has 35 heavy (non-hydrogen) atoms. The number of amides is 2. The van der Waals surface area contributed by atoms with Crippen LogP contribution in [0.15, 0.2) is 54.9 Å². The molecule has 2 amide bonds. The van der Waals surface area contributed by atoms with Crippen molar-refractivity contribution in [2.45, 2.75) is 19.6 Å². The summed E-state index contributed by atoms with van der Waals surface area (Å²) in [6, 6.07) is 11.8. The number of hydrogen-bond acceptors (Lipinski definition) is 5. The van der Waals surface area contributed by atoms with Crippen LogP contribution in [0.25, 0.3) is 5.82 Å². The molecule has 0 bridgehead atoms. The first-order chi connectivity index (χ1) is 16.7. The van der Waals surface area contributed by atoms with Crippen LogP contribution in [0.1, 0.15) is 27.2 Å². The lowest BCUT2D eigenvalue weighted by Gasteiger charge is -2.34. The number of piperazine rings is 1. The summed E-state index contributed by atoms with van der Waals surface area (Å²) in [5.41, 5.74) is 1.03. The summed E-state index contributed by atoms with van der Waals surface area (Å²) in [6.45, 7) is 4.41. The van der Waals surface area contributed by atoms with Gasteiger partial charge in [0.1, 0.15) is 0 Å². The van der Waals surface area contributed by atoms with Crippen LogP contribution in [-0.4, -0.2) is 69.1 Å². The van der Waals surface area contributed by atoms with E-state index in [1.807, 2.05) is 35.2 Å². The molecule has 11 heteroatoms. The molecule has 1 aliphatic heterocycles. The molecule has 3 heterocycles. The third-order valence-corrected chi connectivity index (χ3v) is 5.89. The Morgan fingerprint density at radius 3 is 2.34 bits per heavy atom. The topological polar surface area (TPSA) is 83.4 Å². The maximum absolute atomic E-state index is 13.0. The van der Waals surface area contributed by atoms with Crippen LogP contribution >= 0.6 is 0 Å². The summed E-state index contributed by atoms with van der Waals surface area (Å²) in [5.74, 6) is -0.0930. The first kappa shape index (κ1) is 24.4. The highest BCUT2D eigenvalue weighted by atomic mass is 19.4. The zero-order valence-electron chi connectivity index (χ0n) is 19.1. The van der Waals surface area contributed by atoms with Crippen LogP contribution < -0.4 is 5.32 Å². The summed E-state index contributed by atoms with van der Waals surface area (Å²) in [6.07, 6.45) is -2.33. The number of nitrogens with zero attached hydrogens (tertiary/aromatic N) is 5. The van der Waals surface area contributed by atoms with Gasteiger partial charge in [-0.3, -0.25) is 14.5 Å². The van der Waals surface area contributed by atoms with Gasteiger partial charge < -0.3 is 10.2 Å². The fourth-order valence-electron chi connectivity index (χ4n) is 3.86. The molecule has 1 N–H and O–H groups in total.